The zero-order valence-electron chi connectivity index (χ0n) is 11.4. The van der Waals surface area contributed by atoms with Crippen LogP contribution in [-0.4, -0.2) is 11.0 Å². The summed E-state index contributed by atoms with van der Waals surface area (Å²) in [6.45, 7) is 1.85. The van der Waals surface area contributed by atoms with Gasteiger partial charge in [0.15, 0.2) is 0 Å². The van der Waals surface area contributed by atoms with Gasteiger partial charge in [0.25, 0.3) is 5.91 Å². The number of hydrogen-bond donors (Lipinski definition) is 2. The van der Waals surface area contributed by atoms with Crippen molar-refractivity contribution in [3.63, 3.8) is 0 Å². The minimum absolute atomic E-state index is 0.0247. The summed E-state index contributed by atoms with van der Waals surface area (Å²) in [7, 11) is 0. The van der Waals surface area contributed by atoms with Crippen LogP contribution in [0.2, 0.25) is 20.1 Å². The van der Waals surface area contributed by atoms with Crippen molar-refractivity contribution in [3.05, 3.63) is 55.5 Å². The lowest BCUT2D eigenvalue weighted by atomic mass is 10.1. The molecule has 0 spiro atoms. The van der Waals surface area contributed by atoms with Gasteiger partial charge in [-0.25, -0.2) is 0 Å². The molecule has 2 aromatic rings. The lowest BCUT2D eigenvalue weighted by Gasteiger charge is -2.12. The van der Waals surface area contributed by atoms with Gasteiger partial charge in [-0.3, -0.25) is 4.79 Å². The molecule has 7 heteroatoms. The lowest BCUT2D eigenvalue weighted by Crippen LogP contribution is -2.12. The summed E-state index contributed by atoms with van der Waals surface area (Å²) in [6, 6.07) is 5.99. The molecule has 0 bridgehead atoms. The fraction of sp³-hybridized carbons (Fsp3) is 0.133. The summed E-state index contributed by atoms with van der Waals surface area (Å²) in [6.07, 6.45) is 0.539. The Morgan fingerprint density at radius 3 is 2.23 bits per heavy atom. The normalized spacial score (nSPS) is 10.6. The predicted molar refractivity (Wildman–Crippen MR) is 91.9 cm³/mol. The van der Waals surface area contributed by atoms with Crippen LogP contribution < -0.4 is 5.32 Å². The first-order chi connectivity index (χ1) is 10.3. The zero-order valence-corrected chi connectivity index (χ0v) is 14.4. The number of benzene rings is 2. The van der Waals surface area contributed by atoms with Gasteiger partial charge in [-0.15, -0.1) is 0 Å². The second kappa shape index (κ2) is 6.97. The number of rotatable bonds is 3. The molecular weight excluding hydrogens is 368 g/mol. The van der Waals surface area contributed by atoms with Crippen molar-refractivity contribution in [1.29, 1.82) is 0 Å². The van der Waals surface area contributed by atoms with E-state index in [-0.39, 0.29) is 16.3 Å². The topological polar surface area (TPSA) is 49.3 Å². The average molecular weight is 379 g/mol. The van der Waals surface area contributed by atoms with Crippen molar-refractivity contribution in [3.8, 4) is 5.75 Å². The molecule has 0 unspecified atom stereocenters. The van der Waals surface area contributed by atoms with Crippen LogP contribution >= 0.6 is 46.4 Å². The number of nitrogens with one attached hydrogen (secondary N) is 1. The van der Waals surface area contributed by atoms with Crippen LogP contribution in [0.5, 0.6) is 5.75 Å². The van der Waals surface area contributed by atoms with E-state index in [0.29, 0.717) is 32.7 Å². The van der Waals surface area contributed by atoms with Crippen LogP contribution in [0.15, 0.2) is 24.3 Å². The van der Waals surface area contributed by atoms with Crippen molar-refractivity contribution < 1.29 is 9.90 Å². The smallest absolute Gasteiger partial charge is 0.259 e. The van der Waals surface area contributed by atoms with E-state index in [9.17, 15) is 9.90 Å². The Morgan fingerprint density at radius 1 is 1.09 bits per heavy atom. The summed E-state index contributed by atoms with van der Waals surface area (Å²) in [5, 5.41) is 13.8. The van der Waals surface area contributed by atoms with Gasteiger partial charge < -0.3 is 10.4 Å². The second-order valence-corrected chi connectivity index (χ2v) is 6.17. The largest absolute Gasteiger partial charge is 0.506 e. The molecule has 1 amide bonds. The third kappa shape index (κ3) is 3.61. The number of aromatic hydroxyl groups is 1. The van der Waals surface area contributed by atoms with Crippen molar-refractivity contribution in [2.75, 3.05) is 5.32 Å². The first-order valence-electron chi connectivity index (χ1n) is 6.30. The predicted octanol–water partition coefficient (Wildman–Crippen LogP) is 5.82. The van der Waals surface area contributed by atoms with Crippen LogP contribution in [0, 0.1) is 0 Å². The Kier molecular flexibility index (Phi) is 5.45. The molecule has 0 aromatic heterocycles. The maximum atomic E-state index is 12.3. The van der Waals surface area contributed by atoms with Crippen LogP contribution in [-0.2, 0) is 6.42 Å². The van der Waals surface area contributed by atoms with Crippen molar-refractivity contribution >= 4 is 58.0 Å². The van der Waals surface area contributed by atoms with Crippen LogP contribution in [0.1, 0.15) is 22.8 Å². The molecule has 22 heavy (non-hydrogen) atoms. The molecule has 116 valence electrons. The molecule has 2 rings (SSSR count). The fourth-order valence-corrected chi connectivity index (χ4v) is 3.22. The fourth-order valence-electron chi connectivity index (χ4n) is 1.97. The summed E-state index contributed by atoms with van der Waals surface area (Å²) in [4.78, 5) is 12.3. The molecule has 2 aromatic carbocycles. The maximum absolute atomic E-state index is 12.3. The van der Waals surface area contributed by atoms with Crippen LogP contribution in [0.3, 0.4) is 0 Å². The van der Waals surface area contributed by atoms with Gasteiger partial charge in [-0.05, 0) is 36.2 Å². The SMILES string of the molecule is CCc1c(Cl)cc(C(=O)Nc2cc(Cl)cc(Cl)c2)c(O)c1Cl. The first kappa shape index (κ1) is 17.2. The van der Waals surface area contributed by atoms with E-state index < -0.39 is 5.91 Å². The number of phenols is 1. The molecule has 0 heterocycles. The van der Waals surface area contributed by atoms with Gasteiger partial charge in [0.2, 0.25) is 0 Å². The van der Waals surface area contributed by atoms with Gasteiger partial charge in [0, 0.05) is 20.8 Å². The molecule has 0 radical (unpaired) electrons. The van der Waals surface area contributed by atoms with Gasteiger partial charge in [0.05, 0.1) is 10.6 Å². The van der Waals surface area contributed by atoms with Crippen LogP contribution in [0.25, 0.3) is 0 Å². The Morgan fingerprint density at radius 2 is 1.68 bits per heavy atom. The van der Waals surface area contributed by atoms with E-state index in [1.54, 1.807) is 6.07 Å². The van der Waals surface area contributed by atoms with E-state index >= 15 is 0 Å². The monoisotopic (exact) mass is 377 g/mol. The molecule has 3 nitrogen and oxygen atoms in total. The minimum Gasteiger partial charge on any atom is -0.506 e. The molecular formula is C15H11Cl4NO2. The quantitative estimate of drug-likeness (QED) is 0.706. The van der Waals surface area contributed by atoms with Gasteiger partial charge in [-0.1, -0.05) is 53.3 Å². The standard InChI is InChI=1S/C15H11Cl4NO2/c1-2-10-12(18)6-11(14(21)13(10)19)15(22)20-9-4-7(16)3-8(17)5-9/h3-6,21H,2H2,1H3,(H,20,22). The maximum Gasteiger partial charge on any atom is 0.259 e. The van der Waals surface area contributed by atoms with Gasteiger partial charge in [-0.2, -0.15) is 0 Å². The lowest BCUT2D eigenvalue weighted by molar-refractivity contribution is 0.102. The van der Waals surface area contributed by atoms with E-state index in [1.807, 2.05) is 6.92 Å². The van der Waals surface area contributed by atoms with Crippen molar-refractivity contribution in [1.82, 2.24) is 0 Å². The van der Waals surface area contributed by atoms with Gasteiger partial charge in [0.1, 0.15) is 5.75 Å². The Labute approximate surface area is 147 Å². The summed E-state index contributed by atoms with van der Waals surface area (Å²) < 4.78 is 0. The molecule has 0 fully saturated rings. The number of hydrogen-bond acceptors (Lipinski definition) is 2. The Hall–Kier alpha value is -1.13. The second-order valence-electron chi connectivity index (χ2n) is 4.51. The minimum atomic E-state index is -0.567. The van der Waals surface area contributed by atoms with E-state index in [0.717, 1.165) is 0 Å². The highest BCUT2D eigenvalue weighted by Crippen LogP contribution is 2.37. The molecule has 2 N–H and O–H groups in total. The van der Waals surface area contributed by atoms with Crippen LogP contribution in [0.4, 0.5) is 5.69 Å². The summed E-state index contributed by atoms with van der Waals surface area (Å²) >= 11 is 23.9. The van der Waals surface area contributed by atoms with Crippen molar-refractivity contribution in [2.45, 2.75) is 13.3 Å². The highest BCUT2D eigenvalue weighted by molar-refractivity contribution is 6.38. The highest BCUT2D eigenvalue weighted by Gasteiger charge is 2.19. The van der Waals surface area contributed by atoms with Gasteiger partial charge >= 0.3 is 0 Å². The number of carbonyl (C=O) groups is 1. The molecule has 0 saturated heterocycles. The Balaban J connectivity index is 2.38. The number of halogens is 4. The molecule has 0 aliphatic heterocycles. The summed E-state index contributed by atoms with van der Waals surface area (Å²) in [5.74, 6) is -0.879. The third-order valence-corrected chi connectivity index (χ3v) is 4.19. The zero-order chi connectivity index (χ0) is 16.4. The van der Waals surface area contributed by atoms with E-state index in [4.69, 9.17) is 46.4 Å². The molecule has 0 atom stereocenters. The third-order valence-electron chi connectivity index (χ3n) is 3.01. The first-order valence-corrected chi connectivity index (χ1v) is 7.82. The molecule has 0 aliphatic carbocycles. The number of anilines is 1. The Bertz CT molecular complexity index is 727. The molecule has 0 saturated carbocycles. The number of phenolic OH excluding ortho intramolecular Hbond substituents is 1. The summed E-state index contributed by atoms with van der Waals surface area (Å²) in [5.41, 5.74) is 0.959. The molecule has 0 aliphatic rings. The average Bonchev–Trinajstić information content (AvgIpc) is 2.42. The number of amides is 1. The van der Waals surface area contributed by atoms with E-state index in [1.165, 1.54) is 18.2 Å². The van der Waals surface area contributed by atoms with Crippen molar-refractivity contribution in [2.24, 2.45) is 0 Å². The highest BCUT2D eigenvalue weighted by atomic mass is 35.5. The van der Waals surface area contributed by atoms with E-state index in [2.05, 4.69) is 5.32 Å². The number of carbonyl (C=O) groups excluding carboxylic acids is 1.